The highest BCUT2D eigenvalue weighted by Crippen LogP contribution is 2.29. The lowest BCUT2D eigenvalue weighted by Crippen LogP contribution is -2.16. The number of aryl methyl sites for hydroxylation is 1. The Morgan fingerprint density at radius 3 is 2.75 bits per heavy atom. The van der Waals surface area contributed by atoms with Crippen molar-refractivity contribution in [1.82, 2.24) is 19.9 Å². The van der Waals surface area contributed by atoms with Crippen molar-refractivity contribution in [1.29, 1.82) is 0 Å². The molecule has 4 rings (SSSR count). The number of hydrogen-bond donors (Lipinski definition) is 2. The van der Waals surface area contributed by atoms with Crippen molar-refractivity contribution < 1.29 is 13.9 Å². The number of nitrogen functional groups attached to an aromatic ring is 1. The number of nitrogens with one attached hydrogen (secondary N) is 1. The molecule has 0 atom stereocenters. The van der Waals surface area contributed by atoms with Crippen LogP contribution in [-0.4, -0.2) is 41.4 Å². The molecule has 3 N–H and O–H groups in total. The highest BCUT2D eigenvalue weighted by molar-refractivity contribution is 6.06. The van der Waals surface area contributed by atoms with E-state index < -0.39 is 0 Å². The third-order valence-electron chi connectivity index (χ3n) is 6.10. The lowest BCUT2D eigenvalue weighted by Gasteiger charge is -2.12. The van der Waals surface area contributed by atoms with Gasteiger partial charge in [-0.05, 0) is 49.1 Å². The molecule has 4 aromatic rings. The first-order chi connectivity index (χ1) is 17.5. The van der Waals surface area contributed by atoms with Crippen LogP contribution in [0.15, 0.2) is 42.5 Å². The highest BCUT2D eigenvalue weighted by Gasteiger charge is 2.17. The van der Waals surface area contributed by atoms with Gasteiger partial charge in [0.25, 0.3) is 0 Å². The van der Waals surface area contributed by atoms with E-state index >= 15 is 0 Å². The van der Waals surface area contributed by atoms with E-state index in [4.69, 9.17) is 20.2 Å². The zero-order chi connectivity index (χ0) is 25.5. The summed E-state index contributed by atoms with van der Waals surface area (Å²) >= 11 is 0. The molecule has 2 aromatic heterocycles. The number of halogens is 1. The number of hydrogen-bond acceptors (Lipinski definition) is 6. The molecule has 192 valence electrons. The van der Waals surface area contributed by atoms with Gasteiger partial charge in [-0.2, -0.15) is 0 Å². The van der Waals surface area contributed by atoms with E-state index in [-0.39, 0.29) is 5.82 Å². The summed E-state index contributed by atoms with van der Waals surface area (Å²) in [5, 5.41) is 4.52. The van der Waals surface area contributed by atoms with E-state index in [2.05, 4.69) is 20.9 Å². The number of rotatable bonds is 13. The molecule has 0 radical (unpaired) electrons. The van der Waals surface area contributed by atoms with Crippen molar-refractivity contribution in [2.45, 2.75) is 46.2 Å². The molecule has 0 aliphatic rings. The topological polar surface area (TPSA) is 87.2 Å². The third kappa shape index (κ3) is 6.12. The predicted octanol–water partition coefficient (Wildman–Crippen LogP) is 5.10. The molecular formula is C28H36FN5O2. The van der Waals surface area contributed by atoms with Gasteiger partial charge in [-0.15, -0.1) is 0 Å². The van der Waals surface area contributed by atoms with Crippen LogP contribution in [0.4, 0.5) is 10.2 Å². The average Bonchev–Trinajstić information content (AvgIpc) is 3.24. The number of nitrogens with two attached hydrogens (primary N) is 1. The summed E-state index contributed by atoms with van der Waals surface area (Å²) in [6.45, 7) is 7.53. The minimum absolute atomic E-state index is 0.319. The minimum atomic E-state index is -0.320. The second-order valence-corrected chi connectivity index (χ2v) is 9.49. The molecule has 0 unspecified atom stereocenters. The fourth-order valence-corrected chi connectivity index (χ4v) is 4.31. The zero-order valence-electron chi connectivity index (χ0n) is 21.4. The van der Waals surface area contributed by atoms with Crippen molar-refractivity contribution in [2.24, 2.45) is 5.92 Å². The van der Waals surface area contributed by atoms with Crippen molar-refractivity contribution in [3.63, 3.8) is 0 Å². The Balaban J connectivity index is 1.39. The smallest absolute Gasteiger partial charge is 0.165 e. The summed E-state index contributed by atoms with van der Waals surface area (Å²) in [4.78, 5) is 9.38. The number of ether oxygens (including phenoxy) is 2. The first kappa shape index (κ1) is 25.9. The minimum Gasteiger partial charge on any atom is -0.490 e. The summed E-state index contributed by atoms with van der Waals surface area (Å²) in [5.74, 6) is 1.77. The first-order valence-electron chi connectivity index (χ1n) is 12.6. The Kier molecular flexibility index (Phi) is 8.72. The summed E-state index contributed by atoms with van der Waals surface area (Å²) < 4.78 is 27.2. The van der Waals surface area contributed by atoms with Crippen LogP contribution in [-0.2, 0) is 24.2 Å². The number of methoxy groups -OCH3 is 1. The maximum absolute atomic E-state index is 14.0. The normalized spacial score (nSPS) is 11.7. The van der Waals surface area contributed by atoms with Crippen LogP contribution in [0.2, 0.25) is 0 Å². The fraction of sp³-hybridized carbons (Fsp3) is 0.429. The van der Waals surface area contributed by atoms with E-state index in [1.807, 2.05) is 32.0 Å². The standard InChI is InChI=1S/C28H36FN5O2/c1-19(2)18-36-24-16-20(10-11-22(24)29)17-31-13-6-7-14-34-25(12-15-35-3)33-26-27(34)21-8-4-5-9-23(21)32-28(26)30/h4-5,8-11,16,19,31H,6-7,12-15,17-18H2,1-3H3,(H2,30,32). The van der Waals surface area contributed by atoms with Gasteiger partial charge in [-0.1, -0.05) is 38.1 Å². The van der Waals surface area contributed by atoms with Gasteiger partial charge in [0.15, 0.2) is 17.4 Å². The lowest BCUT2D eigenvalue weighted by molar-refractivity contribution is 0.199. The van der Waals surface area contributed by atoms with Crippen molar-refractivity contribution >= 4 is 27.8 Å². The van der Waals surface area contributed by atoms with Gasteiger partial charge in [0.1, 0.15) is 11.3 Å². The van der Waals surface area contributed by atoms with Crippen LogP contribution in [0.25, 0.3) is 21.9 Å². The van der Waals surface area contributed by atoms with Gasteiger partial charge in [0, 0.05) is 32.0 Å². The second kappa shape index (κ2) is 12.1. The van der Waals surface area contributed by atoms with Gasteiger partial charge in [-0.3, -0.25) is 0 Å². The Morgan fingerprint density at radius 2 is 1.94 bits per heavy atom. The quantitative estimate of drug-likeness (QED) is 0.252. The molecule has 0 saturated heterocycles. The highest BCUT2D eigenvalue weighted by atomic mass is 19.1. The van der Waals surface area contributed by atoms with E-state index in [1.54, 1.807) is 19.2 Å². The summed E-state index contributed by atoms with van der Waals surface area (Å²) in [6, 6.07) is 13.1. The Hall–Kier alpha value is -3.23. The second-order valence-electron chi connectivity index (χ2n) is 9.49. The van der Waals surface area contributed by atoms with Gasteiger partial charge >= 0.3 is 0 Å². The molecule has 0 bridgehead atoms. The third-order valence-corrected chi connectivity index (χ3v) is 6.10. The van der Waals surface area contributed by atoms with Gasteiger partial charge in [0.2, 0.25) is 0 Å². The average molecular weight is 494 g/mol. The van der Waals surface area contributed by atoms with Gasteiger partial charge in [-0.25, -0.2) is 14.4 Å². The molecule has 36 heavy (non-hydrogen) atoms. The number of nitrogens with zero attached hydrogens (tertiary/aromatic N) is 3. The first-order valence-corrected chi connectivity index (χ1v) is 12.6. The number of imidazole rings is 1. The van der Waals surface area contributed by atoms with E-state index in [9.17, 15) is 4.39 Å². The zero-order valence-corrected chi connectivity index (χ0v) is 21.4. The molecule has 0 aliphatic heterocycles. The molecule has 0 fully saturated rings. The van der Waals surface area contributed by atoms with Crippen LogP contribution in [0.5, 0.6) is 5.75 Å². The number of anilines is 1. The lowest BCUT2D eigenvalue weighted by atomic mass is 10.2. The van der Waals surface area contributed by atoms with Gasteiger partial charge < -0.3 is 25.1 Å². The number of fused-ring (bicyclic) bond motifs is 3. The van der Waals surface area contributed by atoms with Crippen molar-refractivity contribution in [3.8, 4) is 5.75 Å². The van der Waals surface area contributed by atoms with Crippen molar-refractivity contribution in [2.75, 3.05) is 32.6 Å². The number of pyridine rings is 1. The molecule has 7 nitrogen and oxygen atoms in total. The molecule has 0 aliphatic carbocycles. The summed E-state index contributed by atoms with van der Waals surface area (Å²) in [6.07, 6.45) is 2.67. The predicted molar refractivity (Wildman–Crippen MR) is 143 cm³/mol. The number of benzene rings is 2. The van der Waals surface area contributed by atoms with Crippen LogP contribution in [0.3, 0.4) is 0 Å². The Morgan fingerprint density at radius 1 is 1.11 bits per heavy atom. The molecule has 0 spiro atoms. The van der Waals surface area contributed by atoms with Crippen molar-refractivity contribution in [3.05, 3.63) is 59.7 Å². The number of aromatic nitrogens is 3. The van der Waals surface area contributed by atoms with E-state index in [1.165, 1.54) is 6.07 Å². The Bertz CT molecular complexity index is 1300. The summed E-state index contributed by atoms with van der Waals surface area (Å²) in [7, 11) is 1.70. The SMILES string of the molecule is COCCc1nc2c(N)nc3ccccc3c2n1CCCCNCc1ccc(F)c(OCC(C)C)c1. The largest absolute Gasteiger partial charge is 0.490 e. The van der Waals surface area contributed by atoms with Crippen LogP contribution >= 0.6 is 0 Å². The molecule has 8 heteroatoms. The van der Waals surface area contributed by atoms with Crippen LogP contribution in [0, 0.1) is 11.7 Å². The fourth-order valence-electron chi connectivity index (χ4n) is 4.31. The maximum Gasteiger partial charge on any atom is 0.165 e. The van der Waals surface area contributed by atoms with Gasteiger partial charge in [0.05, 0.1) is 24.2 Å². The molecule has 0 saturated carbocycles. The number of unbranched alkanes of at least 4 members (excludes halogenated alkanes) is 1. The van der Waals surface area contributed by atoms with E-state index in [0.29, 0.717) is 43.7 Å². The van der Waals surface area contributed by atoms with Crippen LogP contribution < -0.4 is 15.8 Å². The number of para-hydroxylation sites is 1. The monoisotopic (exact) mass is 493 g/mol. The van der Waals surface area contributed by atoms with E-state index in [0.717, 1.165) is 59.3 Å². The Labute approximate surface area is 211 Å². The van der Waals surface area contributed by atoms with Crippen LogP contribution in [0.1, 0.15) is 38.1 Å². The summed E-state index contributed by atoms with van der Waals surface area (Å²) in [5.41, 5.74) is 9.95. The maximum atomic E-state index is 14.0. The molecule has 2 heterocycles. The molecule has 2 aromatic carbocycles. The molecule has 0 amide bonds. The molecular weight excluding hydrogens is 457 g/mol.